The van der Waals surface area contributed by atoms with E-state index in [4.69, 9.17) is 0 Å². The molecule has 0 aliphatic rings. The molecule has 32 heavy (non-hydrogen) atoms. The first kappa shape index (κ1) is 26.3. The Hall–Kier alpha value is -1.94. The Bertz CT molecular complexity index is 994. The maximum atomic E-state index is 12.8. The number of halogens is 1. The Morgan fingerprint density at radius 3 is 2.09 bits per heavy atom. The van der Waals surface area contributed by atoms with E-state index in [0.29, 0.717) is 0 Å². The molecule has 3 nitrogen and oxygen atoms in total. The molecule has 174 valence electrons. The molecule has 0 saturated heterocycles. The summed E-state index contributed by atoms with van der Waals surface area (Å²) in [6.45, 7) is 6.52. The molecular weight excluding hydrogens is 460 g/mol. The molecule has 0 amide bonds. The number of unbranched alkanes of at least 4 members (excludes halogenated alkanes) is 8. The van der Waals surface area contributed by atoms with Gasteiger partial charge in [-0.15, -0.1) is 0 Å². The maximum absolute atomic E-state index is 12.8. The van der Waals surface area contributed by atoms with Crippen molar-refractivity contribution in [3.63, 3.8) is 0 Å². The van der Waals surface area contributed by atoms with E-state index in [9.17, 15) is 4.79 Å². The molecule has 0 N–H and O–H groups in total. The molecule has 0 fully saturated rings. The number of para-hydroxylation sites is 1. The number of nitrogens with zero attached hydrogens (tertiary/aromatic N) is 2. The highest BCUT2D eigenvalue weighted by molar-refractivity contribution is 5.82. The largest absolute Gasteiger partial charge is 1.00 e. The third-order valence-electron chi connectivity index (χ3n) is 6.21. The minimum atomic E-state index is 0. The molecule has 3 rings (SSSR count). The van der Waals surface area contributed by atoms with E-state index in [1.54, 1.807) is 0 Å². The molecule has 0 unspecified atom stereocenters. The van der Waals surface area contributed by atoms with Crippen LogP contribution in [-0.2, 0) is 13.1 Å². The first-order valence-electron chi connectivity index (χ1n) is 12.4. The van der Waals surface area contributed by atoms with Crippen LogP contribution in [0.1, 0.15) is 78.1 Å². The van der Waals surface area contributed by atoms with Gasteiger partial charge in [-0.3, -0.25) is 4.79 Å². The summed E-state index contributed by atoms with van der Waals surface area (Å²) in [4.78, 5) is 12.8. The van der Waals surface area contributed by atoms with Crippen molar-refractivity contribution in [2.45, 2.75) is 91.1 Å². The van der Waals surface area contributed by atoms with Crippen molar-refractivity contribution in [3.8, 4) is 11.3 Å². The number of rotatable bonds is 13. The monoisotopic (exact) mass is 498 g/mol. The molecule has 0 aliphatic heterocycles. The number of hydrogen-bond acceptors (Lipinski definition) is 1. The maximum Gasteiger partial charge on any atom is 0.190 e. The first-order valence-corrected chi connectivity index (χ1v) is 12.4. The zero-order valence-electron chi connectivity index (χ0n) is 19.9. The van der Waals surface area contributed by atoms with Gasteiger partial charge in [0.2, 0.25) is 0 Å². The molecule has 4 heteroatoms. The van der Waals surface area contributed by atoms with E-state index in [1.807, 2.05) is 24.3 Å². The summed E-state index contributed by atoms with van der Waals surface area (Å²) in [5.74, 6) is 0. The van der Waals surface area contributed by atoms with Gasteiger partial charge in [-0.25, -0.2) is 4.57 Å². The van der Waals surface area contributed by atoms with Gasteiger partial charge in [0, 0.05) is 42.1 Å². The van der Waals surface area contributed by atoms with E-state index in [0.717, 1.165) is 41.7 Å². The van der Waals surface area contributed by atoms with Crippen molar-refractivity contribution in [2.75, 3.05) is 0 Å². The number of pyridine rings is 2. The van der Waals surface area contributed by atoms with Gasteiger partial charge < -0.3 is 21.5 Å². The molecule has 0 spiro atoms. The molecule has 0 atom stereocenters. The minimum absolute atomic E-state index is 0. The average Bonchev–Trinajstić information content (AvgIpc) is 2.80. The van der Waals surface area contributed by atoms with Crippen LogP contribution in [0.25, 0.3) is 22.2 Å². The zero-order chi connectivity index (χ0) is 21.9. The summed E-state index contributed by atoms with van der Waals surface area (Å²) in [6.07, 6.45) is 17.0. The second kappa shape index (κ2) is 14.3. The summed E-state index contributed by atoms with van der Waals surface area (Å²) in [5.41, 5.74) is 3.32. The molecule has 0 aliphatic carbocycles. The second-order valence-electron chi connectivity index (χ2n) is 8.72. The van der Waals surface area contributed by atoms with E-state index in [1.165, 1.54) is 57.8 Å². The fourth-order valence-corrected chi connectivity index (χ4v) is 4.36. The highest BCUT2D eigenvalue weighted by Crippen LogP contribution is 2.23. The molecule has 2 aromatic heterocycles. The van der Waals surface area contributed by atoms with Gasteiger partial charge in [0.15, 0.2) is 17.8 Å². The normalized spacial score (nSPS) is 10.9. The lowest BCUT2D eigenvalue weighted by Gasteiger charge is -2.17. The molecule has 3 aromatic rings. The van der Waals surface area contributed by atoms with Gasteiger partial charge in [0.05, 0.1) is 11.2 Å². The lowest BCUT2D eigenvalue weighted by molar-refractivity contribution is -0.697. The molecule has 2 heterocycles. The molecule has 1 aromatic carbocycles. The Morgan fingerprint density at radius 2 is 1.41 bits per heavy atom. The van der Waals surface area contributed by atoms with Gasteiger partial charge in [-0.1, -0.05) is 70.9 Å². The summed E-state index contributed by atoms with van der Waals surface area (Å²) in [5, 5.41) is 0.817. The van der Waals surface area contributed by atoms with Gasteiger partial charge >= 0.3 is 0 Å². The van der Waals surface area contributed by atoms with Gasteiger partial charge in [0.1, 0.15) is 6.54 Å². The van der Waals surface area contributed by atoms with E-state index < -0.39 is 0 Å². The Morgan fingerprint density at radius 1 is 0.781 bits per heavy atom. The molecule has 0 radical (unpaired) electrons. The van der Waals surface area contributed by atoms with Crippen LogP contribution in [0.3, 0.4) is 0 Å². The smallest absolute Gasteiger partial charge is 0.190 e. The third kappa shape index (κ3) is 7.30. The summed E-state index contributed by atoms with van der Waals surface area (Å²) in [7, 11) is 0. The second-order valence-corrected chi connectivity index (χ2v) is 8.72. The fraction of sp³-hybridized carbons (Fsp3) is 0.500. The lowest BCUT2D eigenvalue weighted by atomic mass is 10.1. The van der Waals surface area contributed by atoms with Crippen LogP contribution in [0.5, 0.6) is 0 Å². The van der Waals surface area contributed by atoms with Crippen LogP contribution in [-0.4, -0.2) is 4.57 Å². The predicted octanol–water partition coefficient (Wildman–Crippen LogP) is 3.90. The quantitative estimate of drug-likeness (QED) is 0.259. The SMILES string of the molecule is CCCCCCCn1c(-c2cc[n+](CCCCCCC)cc2)cc(=O)c2ccccc21.[Br-]. The number of fused-ring (bicyclic) bond motifs is 1. The van der Waals surface area contributed by atoms with E-state index >= 15 is 0 Å². The van der Waals surface area contributed by atoms with Gasteiger partial charge in [-0.05, 0) is 25.0 Å². The Labute approximate surface area is 204 Å². The zero-order valence-corrected chi connectivity index (χ0v) is 21.4. The van der Waals surface area contributed by atoms with Crippen molar-refractivity contribution in [1.29, 1.82) is 0 Å². The Balaban J connectivity index is 0.00000363. The van der Waals surface area contributed by atoms with Crippen molar-refractivity contribution >= 4 is 10.9 Å². The summed E-state index contributed by atoms with van der Waals surface area (Å²) in [6, 6.07) is 14.2. The predicted molar refractivity (Wildman–Crippen MR) is 131 cm³/mol. The topological polar surface area (TPSA) is 25.9 Å². The van der Waals surface area contributed by atoms with Crippen molar-refractivity contribution in [3.05, 3.63) is 65.1 Å². The standard InChI is InChI=1S/C28H39N2O.BrH/c1-3-5-7-9-13-19-29-21-17-24(18-22-29)27-23-28(31)25-15-11-12-16-26(25)30(27)20-14-10-8-6-4-2;/h11-12,15-18,21-23H,3-10,13-14,19-20H2,1-2H3;1H/q+1;/p-1. The van der Waals surface area contributed by atoms with Gasteiger partial charge in [-0.2, -0.15) is 0 Å². The average molecular weight is 500 g/mol. The van der Waals surface area contributed by atoms with Gasteiger partial charge in [0.25, 0.3) is 0 Å². The number of hydrogen-bond donors (Lipinski definition) is 0. The lowest BCUT2D eigenvalue weighted by Crippen LogP contribution is -3.00. The van der Waals surface area contributed by atoms with Crippen LogP contribution in [0, 0.1) is 0 Å². The van der Waals surface area contributed by atoms with E-state index in [2.05, 4.69) is 53.6 Å². The highest BCUT2D eigenvalue weighted by atomic mass is 79.9. The number of aryl methyl sites for hydroxylation is 2. The third-order valence-corrected chi connectivity index (χ3v) is 6.21. The molecular formula is C28H39BrN2O. The summed E-state index contributed by atoms with van der Waals surface area (Å²) < 4.78 is 4.62. The first-order chi connectivity index (χ1) is 15.2. The van der Waals surface area contributed by atoms with Crippen molar-refractivity contribution < 1.29 is 21.5 Å². The van der Waals surface area contributed by atoms with Crippen molar-refractivity contribution in [2.24, 2.45) is 0 Å². The fourth-order valence-electron chi connectivity index (χ4n) is 4.36. The van der Waals surface area contributed by atoms with Crippen LogP contribution >= 0.6 is 0 Å². The van der Waals surface area contributed by atoms with Crippen LogP contribution < -0.4 is 27.0 Å². The van der Waals surface area contributed by atoms with E-state index in [-0.39, 0.29) is 22.4 Å². The van der Waals surface area contributed by atoms with Crippen molar-refractivity contribution in [1.82, 2.24) is 4.57 Å². The highest BCUT2D eigenvalue weighted by Gasteiger charge is 2.12. The molecule has 0 saturated carbocycles. The minimum Gasteiger partial charge on any atom is -1.00 e. The Kier molecular flexibility index (Phi) is 11.7. The van der Waals surface area contributed by atoms with Crippen LogP contribution in [0.15, 0.2) is 59.7 Å². The molecule has 0 bridgehead atoms. The van der Waals surface area contributed by atoms with Crippen LogP contribution in [0.4, 0.5) is 0 Å². The van der Waals surface area contributed by atoms with Crippen LogP contribution in [0.2, 0.25) is 0 Å². The summed E-state index contributed by atoms with van der Waals surface area (Å²) >= 11 is 0. The number of aromatic nitrogens is 2. The number of benzene rings is 1.